The molecule has 0 atom stereocenters. The highest BCUT2D eigenvalue weighted by atomic mass is 35.5. The molecule has 0 fully saturated rings. The minimum absolute atomic E-state index is 0.503. The smallest absolute Gasteiger partial charge is 0.154 e. The molecule has 0 unspecified atom stereocenters. The molecule has 72 valence electrons. The summed E-state index contributed by atoms with van der Waals surface area (Å²) < 4.78 is 1.82. The Morgan fingerprint density at radius 2 is 2.36 bits per heavy atom. The summed E-state index contributed by atoms with van der Waals surface area (Å²) in [5.74, 6) is 0. The van der Waals surface area contributed by atoms with E-state index >= 15 is 0 Å². The van der Waals surface area contributed by atoms with Gasteiger partial charge in [-0.2, -0.15) is 5.10 Å². The zero-order chi connectivity index (χ0) is 9.54. The normalized spacial score (nSPS) is 15.8. The van der Waals surface area contributed by atoms with Crippen molar-refractivity contribution in [1.82, 2.24) is 19.9 Å². The SMILES string of the molecule is Clc1ccc2nc3c(n2n1)CNCC3. The molecular formula is C9H9ClN4. The molecule has 0 saturated heterocycles. The van der Waals surface area contributed by atoms with Gasteiger partial charge in [0.15, 0.2) is 5.65 Å². The molecule has 4 nitrogen and oxygen atoms in total. The largest absolute Gasteiger partial charge is 0.311 e. The van der Waals surface area contributed by atoms with Gasteiger partial charge in [-0.3, -0.25) is 0 Å². The van der Waals surface area contributed by atoms with Gasteiger partial charge in [0, 0.05) is 19.5 Å². The number of hydrogen-bond donors (Lipinski definition) is 1. The Hall–Kier alpha value is -1.13. The molecule has 2 aromatic heterocycles. The first-order valence-electron chi connectivity index (χ1n) is 4.58. The number of nitrogens with one attached hydrogen (secondary N) is 1. The Morgan fingerprint density at radius 3 is 3.29 bits per heavy atom. The second-order valence-corrected chi connectivity index (χ2v) is 3.75. The van der Waals surface area contributed by atoms with Crippen LogP contribution in [0.2, 0.25) is 5.15 Å². The standard InChI is InChI=1S/C9H9ClN4/c10-8-1-2-9-12-6-3-4-11-5-7(6)14(9)13-8/h1-2,11H,3-5H2. The predicted octanol–water partition coefficient (Wildman–Crippen LogP) is 1.03. The minimum atomic E-state index is 0.503. The maximum atomic E-state index is 5.84. The highest BCUT2D eigenvalue weighted by molar-refractivity contribution is 6.29. The van der Waals surface area contributed by atoms with Gasteiger partial charge in [0.2, 0.25) is 0 Å². The molecule has 1 aliphatic heterocycles. The molecule has 3 rings (SSSR count). The van der Waals surface area contributed by atoms with Crippen molar-refractivity contribution in [3.05, 3.63) is 28.7 Å². The molecule has 1 N–H and O–H groups in total. The summed E-state index contributed by atoms with van der Waals surface area (Å²) in [6.07, 6.45) is 0.969. The van der Waals surface area contributed by atoms with Crippen molar-refractivity contribution >= 4 is 17.2 Å². The topological polar surface area (TPSA) is 42.2 Å². The molecule has 0 amide bonds. The van der Waals surface area contributed by atoms with E-state index in [-0.39, 0.29) is 0 Å². The Kier molecular flexibility index (Phi) is 1.72. The van der Waals surface area contributed by atoms with Crippen molar-refractivity contribution in [2.24, 2.45) is 0 Å². The number of rotatable bonds is 0. The number of fused-ring (bicyclic) bond motifs is 3. The first kappa shape index (κ1) is 8.20. The Labute approximate surface area is 85.9 Å². The molecule has 0 aliphatic carbocycles. The van der Waals surface area contributed by atoms with Gasteiger partial charge in [-0.05, 0) is 12.1 Å². The van der Waals surface area contributed by atoms with Crippen LogP contribution in [0.4, 0.5) is 0 Å². The average Bonchev–Trinajstić information content (AvgIpc) is 2.56. The molecular weight excluding hydrogens is 200 g/mol. The van der Waals surface area contributed by atoms with Gasteiger partial charge in [-0.25, -0.2) is 9.50 Å². The van der Waals surface area contributed by atoms with E-state index in [1.54, 1.807) is 6.07 Å². The monoisotopic (exact) mass is 208 g/mol. The van der Waals surface area contributed by atoms with Gasteiger partial charge in [0.25, 0.3) is 0 Å². The number of halogens is 1. The maximum Gasteiger partial charge on any atom is 0.154 e. The molecule has 5 heteroatoms. The van der Waals surface area contributed by atoms with Crippen LogP contribution < -0.4 is 5.32 Å². The van der Waals surface area contributed by atoms with E-state index in [1.807, 2.05) is 10.6 Å². The Bertz CT molecular complexity index is 491. The zero-order valence-electron chi connectivity index (χ0n) is 7.50. The molecule has 0 aromatic carbocycles. The maximum absolute atomic E-state index is 5.84. The number of nitrogens with zero attached hydrogens (tertiary/aromatic N) is 3. The van der Waals surface area contributed by atoms with E-state index in [2.05, 4.69) is 15.4 Å². The summed E-state index contributed by atoms with van der Waals surface area (Å²) in [5, 5.41) is 8.03. The lowest BCUT2D eigenvalue weighted by molar-refractivity contribution is 0.611. The molecule has 0 saturated carbocycles. The zero-order valence-corrected chi connectivity index (χ0v) is 8.25. The lowest BCUT2D eigenvalue weighted by Crippen LogP contribution is -2.24. The van der Waals surface area contributed by atoms with Gasteiger partial charge in [-0.1, -0.05) is 11.6 Å². The van der Waals surface area contributed by atoms with E-state index in [0.717, 1.165) is 36.5 Å². The molecule has 1 aliphatic rings. The lowest BCUT2D eigenvalue weighted by atomic mass is 10.2. The van der Waals surface area contributed by atoms with Crippen molar-refractivity contribution < 1.29 is 0 Å². The Morgan fingerprint density at radius 1 is 1.43 bits per heavy atom. The summed E-state index contributed by atoms with van der Waals surface area (Å²) in [7, 11) is 0. The molecule has 2 aromatic rings. The van der Waals surface area contributed by atoms with Crippen LogP contribution in [-0.4, -0.2) is 21.1 Å². The highest BCUT2D eigenvalue weighted by Gasteiger charge is 2.16. The van der Waals surface area contributed by atoms with Gasteiger partial charge >= 0.3 is 0 Å². The van der Waals surface area contributed by atoms with Crippen LogP contribution >= 0.6 is 11.6 Å². The van der Waals surface area contributed by atoms with Crippen LogP contribution in [0.3, 0.4) is 0 Å². The van der Waals surface area contributed by atoms with Crippen molar-refractivity contribution in [2.45, 2.75) is 13.0 Å². The van der Waals surface area contributed by atoms with E-state index in [9.17, 15) is 0 Å². The summed E-state index contributed by atoms with van der Waals surface area (Å²) in [6, 6.07) is 3.66. The quantitative estimate of drug-likeness (QED) is 0.703. The van der Waals surface area contributed by atoms with Crippen LogP contribution in [0.25, 0.3) is 5.65 Å². The first-order valence-corrected chi connectivity index (χ1v) is 4.96. The van der Waals surface area contributed by atoms with Crippen LogP contribution in [0.15, 0.2) is 12.1 Å². The third kappa shape index (κ3) is 1.11. The summed E-state index contributed by atoms with van der Waals surface area (Å²) in [5.41, 5.74) is 3.15. The molecule has 0 bridgehead atoms. The van der Waals surface area contributed by atoms with Gasteiger partial charge < -0.3 is 5.32 Å². The van der Waals surface area contributed by atoms with Crippen LogP contribution in [-0.2, 0) is 13.0 Å². The number of imidazole rings is 1. The first-order chi connectivity index (χ1) is 6.84. The fourth-order valence-corrected chi connectivity index (χ4v) is 1.93. The summed E-state index contributed by atoms with van der Waals surface area (Å²) in [6.45, 7) is 1.81. The van der Waals surface area contributed by atoms with Crippen LogP contribution in [0.1, 0.15) is 11.4 Å². The number of aromatic nitrogens is 3. The predicted molar refractivity (Wildman–Crippen MR) is 53.4 cm³/mol. The van der Waals surface area contributed by atoms with Crippen molar-refractivity contribution in [3.8, 4) is 0 Å². The van der Waals surface area contributed by atoms with E-state index < -0.39 is 0 Å². The van der Waals surface area contributed by atoms with E-state index in [0.29, 0.717) is 5.15 Å². The van der Waals surface area contributed by atoms with Crippen LogP contribution in [0.5, 0.6) is 0 Å². The third-order valence-electron chi connectivity index (χ3n) is 2.45. The summed E-state index contributed by atoms with van der Waals surface area (Å²) in [4.78, 5) is 4.50. The van der Waals surface area contributed by atoms with Crippen molar-refractivity contribution in [1.29, 1.82) is 0 Å². The fourth-order valence-electron chi connectivity index (χ4n) is 1.79. The van der Waals surface area contributed by atoms with Gasteiger partial charge in [-0.15, -0.1) is 0 Å². The van der Waals surface area contributed by atoms with E-state index in [1.165, 1.54) is 0 Å². The van der Waals surface area contributed by atoms with Gasteiger partial charge in [0.05, 0.1) is 11.4 Å². The average molecular weight is 209 g/mol. The van der Waals surface area contributed by atoms with Crippen molar-refractivity contribution in [3.63, 3.8) is 0 Å². The molecule has 14 heavy (non-hydrogen) atoms. The van der Waals surface area contributed by atoms with Crippen LogP contribution in [0, 0.1) is 0 Å². The lowest BCUT2D eigenvalue weighted by Gasteiger charge is -2.11. The second kappa shape index (κ2) is 2.93. The van der Waals surface area contributed by atoms with Crippen molar-refractivity contribution in [2.75, 3.05) is 6.54 Å². The minimum Gasteiger partial charge on any atom is -0.311 e. The third-order valence-corrected chi connectivity index (χ3v) is 2.65. The molecule has 0 radical (unpaired) electrons. The molecule has 3 heterocycles. The van der Waals surface area contributed by atoms with Gasteiger partial charge in [0.1, 0.15) is 5.15 Å². The Balaban J connectivity index is 2.32. The number of hydrogen-bond acceptors (Lipinski definition) is 3. The molecule has 0 spiro atoms. The fraction of sp³-hybridized carbons (Fsp3) is 0.333. The second-order valence-electron chi connectivity index (χ2n) is 3.36. The summed E-state index contributed by atoms with van der Waals surface area (Å²) >= 11 is 5.84. The highest BCUT2D eigenvalue weighted by Crippen LogP contribution is 2.16. The van der Waals surface area contributed by atoms with E-state index in [4.69, 9.17) is 11.6 Å².